The summed E-state index contributed by atoms with van der Waals surface area (Å²) in [4.78, 5) is 8.19. The minimum absolute atomic E-state index is 0. The quantitative estimate of drug-likeness (QED) is 0.101. The summed E-state index contributed by atoms with van der Waals surface area (Å²) >= 11 is 0. The molecular weight excluding hydrogens is 1900 g/mol. The van der Waals surface area contributed by atoms with Crippen molar-refractivity contribution in [3.05, 3.63) is 496 Å². The fourth-order valence-corrected chi connectivity index (χ4v) is 14.1. The second-order valence-electron chi connectivity index (χ2n) is 28.8. The van der Waals surface area contributed by atoms with E-state index in [0.29, 0.717) is 5.69 Å². The van der Waals surface area contributed by atoms with E-state index >= 15 is 0 Å². The van der Waals surface area contributed by atoms with Gasteiger partial charge in [0.1, 0.15) is 0 Å². The van der Waals surface area contributed by atoms with Crippen LogP contribution in [0.5, 0.6) is 0 Å². The molecule has 0 bridgehead atoms. The third kappa shape index (κ3) is 23.0. The minimum Gasteiger partial charge on any atom is -0.305 e. The molecule has 0 N–H and O–H groups in total. The van der Waals surface area contributed by atoms with Crippen LogP contribution in [0.1, 0.15) is 28.3 Å². The Kier molecular flexibility index (Phi) is 30.9. The molecule has 14 heteroatoms. The summed E-state index contributed by atoms with van der Waals surface area (Å²) < 4.78 is 33.4. The van der Waals surface area contributed by atoms with Crippen molar-refractivity contribution in [1.29, 1.82) is 0 Å². The molecule has 125 heavy (non-hydrogen) atoms. The van der Waals surface area contributed by atoms with E-state index in [9.17, 15) is 8.78 Å². The monoisotopic (exact) mass is 1980 g/mol. The Morgan fingerprint density at radius 2 is 0.600 bits per heavy atom. The number of aryl methyl sites for hydroxylation is 3. The number of nitrogens with zero attached hydrogens (tertiary/aromatic N) is 10. The fourth-order valence-electron chi connectivity index (χ4n) is 14.1. The summed E-state index contributed by atoms with van der Waals surface area (Å²) in [6, 6.07) is 145. The summed E-state index contributed by atoms with van der Waals surface area (Å²) in [5, 5.41) is 18.3. The van der Waals surface area contributed by atoms with Crippen molar-refractivity contribution < 1.29 is 49.0 Å². The van der Waals surface area contributed by atoms with Gasteiger partial charge in [-0.1, -0.05) is 261 Å². The molecule has 0 unspecified atom stereocenters. The molecule has 0 amide bonds. The Labute approximate surface area is 757 Å². The van der Waals surface area contributed by atoms with E-state index in [1.54, 1.807) is 30.6 Å². The zero-order valence-corrected chi connectivity index (χ0v) is 74.0. The van der Waals surface area contributed by atoms with Gasteiger partial charge in [0.2, 0.25) is 0 Å². The van der Waals surface area contributed by atoms with Crippen molar-refractivity contribution in [1.82, 2.24) is 49.1 Å². The number of aromatic nitrogens is 10. The number of hydrogen-bond donors (Lipinski definition) is 0. The third-order valence-corrected chi connectivity index (χ3v) is 20.4. The molecule has 0 atom stereocenters. The predicted octanol–water partition coefficient (Wildman–Crippen LogP) is 26.9. The van der Waals surface area contributed by atoms with Crippen molar-refractivity contribution in [3.63, 3.8) is 0 Å². The van der Waals surface area contributed by atoms with Crippen molar-refractivity contribution >= 4 is 0 Å². The van der Waals surface area contributed by atoms with E-state index in [1.165, 1.54) is 72.3 Å². The van der Waals surface area contributed by atoms with Gasteiger partial charge in [0.05, 0.1) is 23.8 Å². The molecule has 10 nitrogen and oxygen atoms in total. The van der Waals surface area contributed by atoms with E-state index in [1.807, 2.05) is 195 Å². The molecule has 610 valence electrons. The van der Waals surface area contributed by atoms with Crippen molar-refractivity contribution in [2.24, 2.45) is 0 Å². The number of benzene rings is 14. The summed E-state index contributed by atoms with van der Waals surface area (Å²) in [6.07, 6.45) is 11.2. The van der Waals surface area contributed by atoms with Crippen LogP contribution in [0, 0.1) is 82.7 Å². The molecule has 0 aliphatic carbocycles. The molecule has 0 saturated carbocycles. The molecule has 6 aromatic heterocycles. The first kappa shape index (κ1) is 88.2. The Balaban J connectivity index is 0.000000130. The van der Waals surface area contributed by atoms with E-state index in [-0.39, 0.29) is 45.8 Å². The first-order valence-electron chi connectivity index (χ1n) is 40.3. The fraction of sp³-hybridized carbons (Fsp3) is 0.0450. The molecule has 14 aromatic carbocycles. The first-order chi connectivity index (χ1) is 60.4. The maximum atomic E-state index is 13.2. The van der Waals surface area contributed by atoms with Crippen LogP contribution in [0.3, 0.4) is 0 Å². The van der Waals surface area contributed by atoms with Crippen LogP contribution in [0.15, 0.2) is 419 Å². The second kappa shape index (κ2) is 43.7. The smallest absolute Gasteiger partial charge is 0.305 e. The van der Waals surface area contributed by atoms with Gasteiger partial charge in [-0.25, -0.2) is 0 Å². The molecule has 0 aliphatic heterocycles. The van der Waals surface area contributed by atoms with Gasteiger partial charge in [0.25, 0.3) is 0 Å². The van der Waals surface area contributed by atoms with E-state index in [2.05, 4.69) is 291 Å². The van der Waals surface area contributed by atoms with Crippen molar-refractivity contribution in [3.8, 4) is 134 Å². The molecule has 0 radical (unpaired) electrons. The van der Waals surface area contributed by atoms with Gasteiger partial charge >= 0.3 is 40.2 Å². The van der Waals surface area contributed by atoms with Gasteiger partial charge in [-0.2, -0.15) is 117 Å². The molecular formula is C111H84F2Ir2N10. The van der Waals surface area contributed by atoms with Gasteiger partial charge in [-0.15, -0.1) is 71.8 Å². The largest absolute Gasteiger partial charge is 3.00 e. The Morgan fingerprint density at radius 3 is 0.920 bits per heavy atom. The van der Waals surface area contributed by atoms with Crippen LogP contribution in [0.25, 0.3) is 134 Å². The van der Waals surface area contributed by atoms with Crippen molar-refractivity contribution in [2.45, 2.75) is 34.6 Å². The van der Waals surface area contributed by atoms with Gasteiger partial charge in [0, 0.05) is 70.1 Å². The van der Waals surface area contributed by atoms with Crippen LogP contribution in [-0.4, -0.2) is 49.1 Å². The van der Waals surface area contributed by atoms with Crippen LogP contribution in [-0.2, 0) is 40.2 Å². The normalized spacial score (nSPS) is 10.4. The van der Waals surface area contributed by atoms with E-state index < -0.39 is 11.6 Å². The maximum Gasteiger partial charge on any atom is 3.00 e. The average molecular weight is 1980 g/mol. The molecule has 0 aliphatic rings. The summed E-state index contributed by atoms with van der Waals surface area (Å²) in [5.41, 5.74) is 31.1. The number of hydrogen-bond acceptors (Lipinski definition) is 6. The van der Waals surface area contributed by atoms with Gasteiger partial charge < -0.3 is 9.97 Å². The van der Waals surface area contributed by atoms with Crippen LogP contribution < -0.4 is 0 Å². The van der Waals surface area contributed by atoms with Crippen LogP contribution >= 0.6 is 0 Å². The number of para-hydroxylation sites is 4. The standard InChI is InChI=1S/2C23H19N2.2C21H15N2.C12H10N.C11H6F2N.2Ir/c2*1-17-23(18(2)25(24-17)22-11-7-4-8-12-22)21-15-13-20(14-16-21)19-9-5-3-6-10-19;2*1-3-7-17(8-4-1)18-11-13-19(14-12-18)20-15-22-23(16-20)21-9-5-2-6-10-21;1-10-5-7-11(8-6-10)12-4-2-3-9-13-12;12-8-4-5-9(10(13)7-8)11-3-1-2-6-14-11;;/h2*3-11,13-16H,1-2H3;2*1-9,11-16H;2-7,9H,1H3;1-4,6-7H;;/q6*-1;2*+3. The summed E-state index contributed by atoms with van der Waals surface area (Å²) in [6.45, 7) is 10.4. The Bertz CT molecular complexity index is 6330. The van der Waals surface area contributed by atoms with Crippen LogP contribution in [0.2, 0.25) is 0 Å². The zero-order chi connectivity index (χ0) is 84.5. The third-order valence-electron chi connectivity index (χ3n) is 20.4. The average Bonchev–Trinajstić information content (AvgIpc) is 1.64. The minimum atomic E-state index is -0.649. The number of pyridine rings is 2. The van der Waals surface area contributed by atoms with Crippen molar-refractivity contribution in [2.75, 3.05) is 0 Å². The Morgan fingerprint density at radius 1 is 0.280 bits per heavy atom. The maximum absolute atomic E-state index is 13.2. The SMILES string of the molecule is Cc1c[c-]c(-c2ccccn2)cc1.Cc1nn(-c2[c-]cccc2)c(C)c1-c1ccc(-c2ccccc2)cc1.Cc1nn(-c2[c-]cccc2)c(C)c1-c1ccc(-c2ccccc2)cc1.Fc1c[c-]c(-c2ccccn2)c(F)c1.[Ir+3].[Ir+3].[c-]1ccccc1-n1cc(-c2ccc(-c3ccccc3)cc2)cn1.[c-]1ccccc1-n1cc(-c2ccc(-c3ccccc3)cc2)cn1. The van der Waals surface area contributed by atoms with Gasteiger partial charge in [0.15, 0.2) is 0 Å². The second-order valence-corrected chi connectivity index (χ2v) is 28.8. The number of halogens is 2. The first-order valence-corrected chi connectivity index (χ1v) is 40.3. The van der Waals surface area contributed by atoms with E-state index in [4.69, 9.17) is 10.2 Å². The molecule has 6 heterocycles. The molecule has 20 rings (SSSR count). The van der Waals surface area contributed by atoms with Gasteiger partial charge in [-0.05, 0) is 141 Å². The van der Waals surface area contributed by atoms with Gasteiger partial charge in [-0.3, -0.25) is 27.5 Å². The molecule has 0 saturated heterocycles. The summed E-state index contributed by atoms with van der Waals surface area (Å²) in [5.74, 6) is -1.29. The topological polar surface area (TPSA) is 97.1 Å². The molecule has 0 fully saturated rings. The number of rotatable bonds is 14. The zero-order valence-electron chi connectivity index (χ0n) is 69.2. The Hall–Kier alpha value is -14.6. The summed E-state index contributed by atoms with van der Waals surface area (Å²) in [7, 11) is 0. The molecule has 0 spiro atoms. The molecule has 20 aromatic rings. The predicted molar refractivity (Wildman–Crippen MR) is 494 cm³/mol. The van der Waals surface area contributed by atoms with Crippen LogP contribution in [0.4, 0.5) is 8.78 Å². The van der Waals surface area contributed by atoms with E-state index in [0.717, 1.165) is 91.2 Å².